The van der Waals surface area contributed by atoms with Gasteiger partial charge in [-0.2, -0.15) is 0 Å². The van der Waals surface area contributed by atoms with Crippen LogP contribution in [-0.4, -0.2) is 50.0 Å². The minimum atomic E-state index is -0.852. The zero-order valence-electron chi connectivity index (χ0n) is 29.4. The van der Waals surface area contributed by atoms with Crippen LogP contribution in [0.3, 0.4) is 0 Å². The number of halogens is 1. The molecule has 0 spiro atoms. The van der Waals surface area contributed by atoms with Crippen molar-refractivity contribution in [3.05, 3.63) is 112 Å². The van der Waals surface area contributed by atoms with Gasteiger partial charge in [0.2, 0.25) is 0 Å². The number of allylic oxidation sites excluding steroid dienone is 1. The fraction of sp³-hybridized carbons (Fsp3) is 0.316. The maximum atomic E-state index is 14.4. The van der Waals surface area contributed by atoms with Crippen LogP contribution in [0.4, 0.5) is 0 Å². The molecule has 0 amide bonds. The van der Waals surface area contributed by atoms with Crippen molar-refractivity contribution < 1.29 is 38.0 Å². The van der Waals surface area contributed by atoms with Gasteiger partial charge >= 0.3 is 11.9 Å². The van der Waals surface area contributed by atoms with Gasteiger partial charge in [-0.1, -0.05) is 45.5 Å². The molecule has 268 valence electrons. The van der Waals surface area contributed by atoms with E-state index in [2.05, 4.69) is 15.9 Å². The van der Waals surface area contributed by atoms with E-state index < -0.39 is 18.0 Å². The van der Waals surface area contributed by atoms with Gasteiger partial charge in [-0.3, -0.25) is 9.36 Å². The molecule has 5 rings (SSSR count). The Hall–Kier alpha value is -4.88. The van der Waals surface area contributed by atoms with Crippen LogP contribution in [0.1, 0.15) is 67.7 Å². The second-order valence-electron chi connectivity index (χ2n) is 11.6. The van der Waals surface area contributed by atoms with E-state index in [-0.39, 0.29) is 37.1 Å². The summed E-state index contributed by atoms with van der Waals surface area (Å²) < 4.78 is 36.6. The molecule has 1 aromatic heterocycles. The minimum Gasteiger partial charge on any atom is -0.493 e. The molecule has 0 fully saturated rings. The SMILES string of the molecule is CCOC(=O)C1=C(C)N=c2s/c(=C/c3cc(Br)cc(OC)c3OCc3ccc(C(=O)OCC)cc3)c(=O)n2[C@H]1c1ccc(OC(C)C)c(OC)c1. The highest BCUT2D eigenvalue weighted by Gasteiger charge is 2.34. The second kappa shape index (κ2) is 16.4. The second-order valence-corrected chi connectivity index (χ2v) is 13.5. The van der Waals surface area contributed by atoms with Gasteiger partial charge in [0, 0.05) is 10.0 Å². The average Bonchev–Trinajstić information content (AvgIpc) is 3.40. The highest BCUT2D eigenvalue weighted by Crippen LogP contribution is 2.38. The number of ether oxygens (including phenoxy) is 6. The summed E-state index contributed by atoms with van der Waals surface area (Å²) in [6.45, 7) is 9.64. The first-order chi connectivity index (χ1) is 24.5. The Kier molecular flexibility index (Phi) is 12.0. The minimum absolute atomic E-state index is 0.0953. The number of rotatable bonds is 13. The van der Waals surface area contributed by atoms with Crippen LogP contribution in [0.2, 0.25) is 0 Å². The number of fused-ring (bicyclic) bond motifs is 1. The Morgan fingerprint density at radius 2 is 1.63 bits per heavy atom. The van der Waals surface area contributed by atoms with Gasteiger partial charge in [-0.15, -0.1) is 0 Å². The smallest absolute Gasteiger partial charge is 0.338 e. The number of carbonyl (C=O) groups is 2. The summed E-state index contributed by atoms with van der Waals surface area (Å²) in [5, 5.41) is 0. The van der Waals surface area contributed by atoms with E-state index in [4.69, 9.17) is 33.4 Å². The summed E-state index contributed by atoms with van der Waals surface area (Å²) in [5.74, 6) is 0.883. The van der Waals surface area contributed by atoms with Crippen LogP contribution in [0.15, 0.2) is 80.1 Å². The number of esters is 2. The monoisotopic (exact) mass is 778 g/mol. The van der Waals surface area contributed by atoms with Gasteiger partial charge in [0.15, 0.2) is 27.8 Å². The molecule has 0 radical (unpaired) electrons. The van der Waals surface area contributed by atoms with Crippen molar-refractivity contribution in [2.45, 2.75) is 53.4 Å². The first kappa shape index (κ1) is 37.4. The summed E-state index contributed by atoms with van der Waals surface area (Å²) in [7, 11) is 3.07. The van der Waals surface area contributed by atoms with E-state index in [1.807, 2.05) is 26.0 Å². The first-order valence-corrected chi connectivity index (χ1v) is 17.9. The maximum absolute atomic E-state index is 14.4. The third-order valence-corrected chi connectivity index (χ3v) is 9.23. The Bertz CT molecular complexity index is 2150. The van der Waals surface area contributed by atoms with Gasteiger partial charge in [0.1, 0.15) is 6.61 Å². The zero-order chi connectivity index (χ0) is 36.8. The number of thiazole rings is 1. The topological polar surface area (TPSA) is 124 Å². The molecule has 1 aliphatic rings. The quantitative estimate of drug-likeness (QED) is 0.148. The molecule has 0 bridgehead atoms. The van der Waals surface area contributed by atoms with Crippen LogP contribution in [0.5, 0.6) is 23.0 Å². The van der Waals surface area contributed by atoms with E-state index >= 15 is 0 Å². The van der Waals surface area contributed by atoms with Crippen molar-refractivity contribution in [1.29, 1.82) is 0 Å². The maximum Gasteiger partial charge on any atom is 0.338 e. The Labute approximate surface area is 307 Å². The lowest BCUT2D eigenvalue weighted by Crippen LogP contribution is -2.40. The van der Waals surface area contributed by atoms with Gasteiger partial charge in [0.25, 0.3) is 5.56 Å². The molecule has 3 aromatic carbocycles. The molecule has 11 nitrogen and oxygen atoms in total. The number of methoxy groups -OCH3 is 2. The lowest BCUT2D eigenvalue weighted by atomic mass is 9.95. The number of hydrogen-bond acceptors (Lipinski definition) is 11. The van der Waals surface area contributed by atoms with Crippen molar-refractivity contribution >= 4 is 45.3 Å². The molecular formula is C38H39BrN2O9S. The molecule has 13 heteroatoms. The third-order valence-electron chi connectivity index (χ3n) is 7.79. The summed E-state index contributed by atoms with van der Waals surface area (Å²) >= 11 is 4.74. The van der Waals surface area contributed by atoms with Crippen LogP contribution in [0, 0.1) is 0 Å². The standard InChI is InChI=1S/C38H39BrN2O9S/c1-8-47-36(43)24-12-10-23(11-13-24)20-49-34-26(16-27(39)19-30(34)46-7)18-31-35(42)41-33(25-14-15-28(50-21(3)4)29(17-25)45-6)32(37(44)48-9-2)22(5)40-38(41)51-31/h10-19,21,33H,8-9,20H2,1-7H3/b31-18+/t33-/m0/s1. The molecule has 0 saturated heterocycles. The molecule has 0 saturated carbocycles. The van der Waals surface area contributed by atoms with Gasteiger partial charge in [-0.05, 0) is 88.2 Å². The number of nitrogens with zero attached hydrogens (tertiary/aromatic N) is 2. The zero-order valence-corrected chi connectivity index (χ0v) is 31.8. The lowest BCUT2D eigenvalue weighted by molar-refractivity contribution is -0.139. The molecule has 0 aliphatic carbocycles. The van der Waals surface area contributed by atoms with Crippen LogP contribution in [-0.2, 0) is 20.9 Å². The summed E-state index contributed by atoms with van der Waals surface area (Å²) in [4.78, 5) is 45.0. The van der Waals surface area contributed by atoms with E-state index in [0.29, 0.717) is 59.2 Å². The molecular weight excluding hydrogens is 740 g/mol. The predicted molar refractivity (Wildman–Crippen MR) is 197 cm³/mol. The van der Waals surface area contributed by atoms with Crippen molar-refractivity contribution in [2.24, 2.45) is 4.99 Å². The summed E-state index contributed by atoms with van der Waals surface area (Å²) in [5.41, 5.74) is 2.77. The molecule has 51 heavy (non-hydrogen) atoms. The van der Waals surface area contributed by atoms with Crippen LogP contribution >= 0.6 is 27.3 Å². The van der Waals surface area contributed by atoms with Gasteiger partial charge < -0.3 is 28.4 Å². The van der Waals surface area contributed by atoms with Crippen LogP contribution < -0.4 is 33.8 Å². The molecule has 1 aliphatic heterocycles. The molecule has 4 aromatic rings. The van der Waals surface area contributed by atoms with Gasteiger partial charge in [0.05, 0.1) is 60.9 Å². The van der Waals surface area contributed by atoms with Crippen molar-refractivity contribution in [1.82, 2.24) is 4.57 Å². The van der Waals surface area contributed by atoms with E-state index in [1.54, 1.807) is 69.3 Å². The molecule has 0 N–H and O–H groups in total. The summed E-state index contributed by atoms with van der Waals surface area (Å²) in [6.07, 6.45) is 1.62. The van der Waals surface area contributed by atoms with E-state index in [1.165, 1.54) is 30.1 Å². The fourth-order valence-electron chi connectivity index (χ4n) is 5.56. The first-order valence-electron chi connectivity index (χ1n) is 16.3. The number of carbonyl (C=O) groups excluding carboxylic acids is 2. The number of hydrogen-bond donors (Lipinski definition) is 0. The molecule has 0 unspecified atom stereocenters. The highest BCUT2D eigenvalue weighted by atomic mass is 79.9. The summed E-state index contributed by atoms with van der Waals surface area (Å²) in [6, 6.07) is 15.0. The van der Waals surface area contributed by atoms with Crippen molar-refractivity contribution in [3.8, 4) is 23.0 Å². The fourth-order valence-corrected chi connectivity index (χ4v) is 7.05. The Morgan fingerprint density at radius 3 is 2.27 bits per heavy atom. The number of aromatic nitrogens is 1. The van der Waals surface area contributed by atoms with Crippen LogP contribution in [0.25, 0.3) is 6.08 Å². The number of benzene rings is 3. The normalized spacial score (nSPS) is 14.1. The largest absolute Gasteiger partial charge is 0.493 e. The molecule has 2 heterocycles. The van der Waals surface area contributed by atoms with E-state index in [0.717, 1.165) is 5.56 Å². The Balaban J connectivity index is 1.61. The lowest BCUT2D eigenvalue weighted by Gasteiger charge is -2.25. The third kappa shape index (κ3) is 8.20. The predicted octanol–water partition coefficient (Wildman–Crippen LogP) is 6.12. The molecule has 1 atom stereocenters. The Morgan fingerprint density at radius 1 is 0.941 bits per heavy atom. The van der Waals surface area contributed by atoms with E-state index in [9.17, 15) is 14.4 Å². The van der Waals surface area contributed by atoms with Gasteiger partial charge in [-0.25, -0.2) is 14.6 Å². The highest BCUT2D eigenvalue weighted by molar-refractivity contribution is 9.10. The van der Waals surface area contributed by atoms with Crippen molar-refractivity contribution in [2.75, 3.05) is 27.4 Å². The average molecular weight is 780 g/mol. The van der Waals surface area contributed by atoms with Crippen molar-refractivity contribution in [3.63, 3.8) is 0 Å².